The fourth-order valence-corrected chi connectivity index (χ4v) is 4.76. The minimum Gasteiger partial charge on any atom is -0.368 e. The van der Waals surface area contributed by atoms with Gasteiger partial charge >= 0.3 is 0 Å². The number of pyridine rings is 1. The number of fused-ring (bicyclic) bond motifs is 1. The molecule has 8 nitrogen and oxygen atoms in total. The molecule has 9 heteroatoms. The van der Waals surface area contributed by atoms with Crippen LogP contribution in [0.1, 0.15) is 12.5 Å². The number of rotatable bonds is 3. The maximum absolute atomic E-state index is 12.8. The summed E-state index contributed by atoms with van der Waals surface area (Å²) in [6, 6.07) is 10.0. The number of piperazine rings is 1. The maximum atomic E-state index is 12.8. The normalized spacial score (nSPS) is 20.5. The third-order valence-electron chi connectivity index (χ3n) is 5.00. The van der Waals surface area contributed by atoms with Crippen LogP contribution < -0.4 is 14.6 Å². The molecule has 1 aromatic carbocycles. The van der Waals surface area contributed by atoms with Crippen molar-refractivity contribution >= 4 is 27.5 Å². The molecule has 146 valence electrons. The highest BCUT2D eigenvalue weighted by Crippen LogP contribution is 2.23. The Morgan fingerprint density at radius 3 is 2.50 bits per heavy atom. The van der Waals surface area contributed by atoms with Crippen LogP contribution in [0.25, 0.3) is 0 Å². The van der Waals surface area contributed by atoms with Crippen molar-refractivity contribution in [2.75, 3.05) is 31.1 Å². The topological polar surface area (TPSA) is 96.2 Å². The van der Waals surface area contributed by atoms with Crippen LogP contribution in [-0.2, 0) is 14.8 Å². The van der Waals surface area contributed by atoms with E-state index in [4.69, 9.17) is 0 Å². The number of carbonyl (C=O) groups is 1. The largest absolute Gasteiger partial charge is 0.368 e. The van der Waals surface area contributed by atoms with E-state index in [9.17, 15) is 13.2 Å². The van der Waals surface area contributed by atoms with Gasteiger partial charge in [0.2, 0.25) is 5.91 Å². The lowest BCUT2D eigenvalue weighted by molar-refractivity contribution is -0.377. The molecule has 0 bridgehead atoms. The Hall–Kier alpha value is -2.94. The van der Waals surface area contributed by atoms with E-state index in [0.717, 1.165) is 18.8 Å². The van der Waals surface area contributed by atoms with E-state index in [1.807, 2.05) is 24.5 Å². The van der Waals surface area contributed by atoms with Crippen molar-refractivity contribution in [2.24, 2.45) is 4.99 Å². The van der Waals surface area contributed by atoms with Crippen molar-refractivity contribution < 1.29 is 18.2 Å². The van der Waals surface area contributed by atoms with Crippen molar-refractivity contribution in [3.63, 3.8) is 0 Å². The van der Waals surface area contributed by atoms with Gasteiger partial charge in [-0.1, -0.05) is 12.1 Å². The molecule has 1 saturated heterocycles. The molecule has 2 aromatic rings. The zero-order chi connectivity index (χ0) is 19.7. The van der Waals surface area contributed by atoms with Crippen molar-refractivity contribution in [3.05, 3.63) is 54.4 Å². The van der Waals surface area contributed by atoms with Crippen LogP contribution in [0.4, 0.5) is 5.69 Å². The number of H-pyrrole nitrogens is 1. The third kappa shape index (κ3) is 3.45. The average Bonchev–Trinajstić information content (AvgIpc) is 2.98. The van der Waals surface area contributed by atoms with Crippen LogP contribution in [-0.4, -0.2) is 57.3 Å². The van der Waals surface area contributed by atoms with Crippen molar-refractivity contribution in [3.8, 4) is 0 Å². The Bertz CT molecular complexity index is 1010. The molecule has 3 heterocycles. The summed E-state index contributed by atoms with van der Waals surface area (Å²) in [6.45, 7) is 4.40. The quantitative estimate of drug-likeness (QED) is 0.800. The number of amidine groups is 1. The predicted octanol–water partition coefficient (Wildman–Crippen LogP) is 0.277. The molecule has 1 amide bonds. The first-order valence-corrected chi connectivity index (χ1v) is 10.6. The van der Waals surface area contributed by atoms with Gasteiger partial charge in [-0.2, -0.15) is 0 Å². The fraction of sp³-hybridized carbons (Fsp3) is 0.316. The lowest BCUT2D eigenvalue weighted by atomic mass is 10.2. The van der Waals surface area contributed by atoms with Gasteiger partial charge in [0.1, 0.15) is 11.9 Å². The molecule has 2 aliphatic heterocycles. The van der Waals surface area contributed by atoms with E-state index in [0.29, 0.717) is 18.7 Å². The van der Waals surface area contributed by atoms with E-state index in [2.05, 4.69) is 19.6 Å². The minimum atomic E-state index is -3.60. The second-order valence-electron chi connectivity index (χ2n) is 6.83. The molecule has 0 saturated carbocycles. The first kappa shape index (κ1) is 18.4. The van der Waals surface area contributed by atoms with Gasteiger partial charge in [-0.25, -0.2) is 13.4 Å². The first-order chi connectivity index (χ1) is 13.5. The SMILES string of the molecule is C[C@H](N=C1NS(=O)(=O)c2ccccc21)C(=O)N1CCN(c2cc[nH+]cc2)CC1. The van der Waals surface area contributed by atoms with Crippen molar-refractivity contribution in [1.82, 2.24) is 9.62 Å². The third-order valence-corrected chi connectivity index (χ3v) is 6.40. The second-order valence-corrected chi connectivity index (χ2v) is 8.48. The van der Waals surface area contributed by atoms with Crippen LogP contribution >= 0.6 is 0 Å². The molecule has 1 aromatic heterocycles. The van der Waals surface area contributed by atoms with Gasteiger partial charge in [0.15, 0.2) is 12.4 Å². The highest BCUT2D eigenvalue weighted by Gasteiger charge is 2.32. The molecule has 1 fully saturated rings. The monoisotopic (exact) mass is 400 g/mol. The summed E-state index contributed by atoms with van der Waals surface area (Å²) in [5.41, 5.74) is 1.63. The standard InChI is InChI=1S/C19H21N5O3S/c1-14(21-18-16-4-2-3-5-17(16)28(26,27)22-18)19(25)24-12-10-23(11-13-24)15-6-8-20-9-7-15/h2-9,14H,10-13H2,1H3,(H,21,22)/p+1/t14-/m0/s1. The fourth-order valence-electron chi connectivity index (χ4n) is 3.52. The van der Waals surface area contributed by atoms with Gasteiger partial charge in [0.25, 0.3) is 10.0 Å². The summed E-state index contributed by atoms with van der Waals surface area (Å²) in [7, 11) is -3.60. The number of amides is 1. The predicted molar refractivity (Wildman–Crippen MR) is 105 cm³/mol. The van der Waals surface area contributed by atoms with Crippen LogP contribution in [0, 0.1) is 0 Å². The van der Waals surface area contributed by atoms with E-state index in [-0.39, 0.29) is 16.6 Å². The zero-order valence-electron chi connectivity index (χ0n) is 15.5. The van der Waals surface area contributed by atoms with E-state index in [1.54, 1.807) is 30.0 Å². The zero-order valence-corrected chi connectivity index (χ0v) is 16.3. The van der Waals surface area contributed by atoms with Crippen LogP contribution in [0.3, 0.4) is 0 Å². The summed E-state index contributed by atoms with van der Waals surface area (Å²) >= 11 is 0. The molecule has 0 spiro atoms. The van der Waals surface area contributed by atoms with E-state index < -0.39 is 16.1 Å². The number of sulfonamides is 1. The summed E-state index contributed by atoms with van der Waals surface area (Å²) < 4.78 is 26.8. The molecule has 2 aliphatic rings. The summed E-state index contributed by atoms with van der Waals surface area (Å²) in [6.07, 6.45) is 3.76. The van der Waals surface area contributed by atoms with E-state index >= 15 is 0 Å². The first-order valence-electron chi connectivity index (χ1n) is 9.15. The molecule has 0 radical (unpaired) electrons. The number of benzene rings is 1. The Balaban J connectivity index is 1.44. The highest BCUT2D eigenvalue weighted by molar-refractivity contribution is 7.90. The number of aromatic nitrogens is 1. The van der Waals surface area contributed by atoms with Crippen LogP contribution in [0.15, 0.2) is 58.7 Å². The Morgan fingerprint density at radius 1 is 1.11 bits per heavy atom. The summed E-state index contributed by atoms with van der Waals surface area (Å²) in [5.74, 6) is 0.132. The number of nitrogens with zero attached hydrogens (tertiary/aromatic N) is 3. The second kappa shape index (κ2) is 7.23. The van der Waals surface area contributed by atoms with Gasteiger partial charge in [-0.3, -0.25) is 14.5 Å². The molecular weight excluding hydrogens is 378 g/mol. The Morgan fingerprint density at radius 2 is 1.79 bits per heavy atom. The van der Waals surface area contributed by atoms with Crippen molar-refractivity contribution in [2.45, 2.75) is 17.9 Å². The number of carbonyl (C=O) groups excluding carboxylic acids is 1. The van der Waals surface area contributed by atoms with Gasteiger partial charge in [0, 0.05) is 49.6 Å². The maximum Gasteiger partial charge on any atom is 0.263 e. The molecular formula is C19H22N5O3S+. The van der Waals surface area contributed by atoms with Gasteiger partial charge in [0.05, 0.1) is 4.90 Å². The summed E-state index contributed by atoms with van der Waals surface area (Å²) in [4.78, 5) is 24.4. The van der Waals surface area contributed by atoms with Gasteiger partial charge < -0.3 is 9.80 Å². The summed E-state index contributed by atoms with van der Waals surface area (Å²) in [5, 5.41) is 0. The number of nitrogens with one attached hydrogen (secondary N) is 2. The number of anilines is 1. The lowest BCUT2D eigenvalue weighted by Gasteiger charge is -2.36. The number of hydrogen-bond donors (Lipinski definition) is 1. The molecule has 28 heavy (non-hydrogen) atoms. The number of aliphatic imine (C=N–C) groups is 1. The molecule has 0 aliphatic carbocycles. The van der Waals surface area contributed by atoms with Crippen LogP contribution in [0.2, 0.25) is 0 Å². The van der Waals surface area contributed by atoms with Gasteiger partial charge in [-0.15, -0.1) is 0 Å². The molecule has 1 atom stereocenters. The number of hydrogen-bond acceptors (Lipinski definition) is 5. The highest BCUT2D eigenvalue weighted by atomic mass is 32.2. The van der Waals surface area contributed by atoms with Gasteiger partial charge in [-0.05, 0) is 19.1 Å². The molecule has 2 N–H and O–H groups in total. The lowest BCUT2D eigenvalue weighted by Crippen LogP contribution is -2.51. The minimum absolute atomic E-state index is 0.0999. The average molecular weight is 400 g/mol. The van der Waals surface area contributed by atoms with Crippen LogP contribution in [0.5, 0.6) is 0 Å². The smallest absolute Gasteiger partial charge is 0.263 e. The van der Waals surface area contributed by atoms with Crippen molar-refractivity contribution in [1.29, 1.82) is 0 Å². The Kier molecular flexibility index (Phi) is 4.76. The van der Waals surface area contributed by atoms with E-state index in [1.165, 1.54) is 6.07 Å². The molecule has 0 unspecified atom stereocenters. The Labute approximate surface area is 164 Å². The number of aromatic amines is 1. The molecule has 4 rings (SSSR count).